The molecule has 1 saturated carbocycles. The Morgan fingerprint density at radius 1 is 1.36 bits per heavy atom. The number of anilines is 1. The zero-order valence-electron chi connectivity index (χ0n) is 19.7. The Hall–Kier alpha value is -2.45. The number of halogens is 1. The lowest BCUT2D eigenvalue weighted by Gasteiger charge is -2.29. The quantitative estimate of drug-likeness (QED) is 0.584. The summed E-state index contributed by atoms with van der Waals surface area (Å²) in [6.07, 6.45) is 3.41. The number of hydrogen-bond donors (Lipinski definition) is 2. The average molecular weight is 461 g/mol. The summed E-state index contributed by atoms with van der Waals surface area (Å²) in [5.74, 6) is -1.96. The van der Waals surface area contributed by atoms with Gasteiger partial charge < -0.3 is 24.4 Å². The fourth-order valence-corrected chi connectivity index (χ4v) is 5.29. The number of aromatic carboxylic acids is 1. The largest absolute Gasteiger partial charge is 0.477 e. The van der Waals surface area contributed by atoms with Gasteiger partial charge in [-0.3, -0.25) is 4.79 Å². The van der Waals surface area contributed by atoms with E-state index in [2.05, 4.69) is 13.8 Å². The van der Waals surface area contributed by atoms with Gasteiger partial charge in [0.1, 0.15) is 11.4 Å². The van der Waals surface area contributed by atoms with Crippen LogP contribution in [0, 0.1) is 24.1 Å². The number of ether oxygens (including phenoxy) is 1. The normalized spacial score (nSPS) is 21.0. The number of aryl methyl sites for hydroxylation is 1. The van der Waals surface area contributed by atoms with Crippen molar-refractivity contribution in [1.29, 1.82) is 0 Å². The van der Waals surface area contributed by atoms with Crippen LogP contribution in [-0.2, 0) is 4.74 Å². The molecule has 7 nitrogen and oxygen atoms in total. The molecule has 180 valence electrons. The molecule has 1 aromatic carbocycles. The second-order valence-corrected chi connectivity index (χ2v) is 10.2. The highest BCUT2D eigenvalue weighted by molar-refractivity contribution is 5.95. The lowest BCUT2D eigenvalue weighted by Crippen LogP contribution is -2.36. The minimum atomic E-state index is -1.30. The number of nitrogens with zero attached hydrogens (tertiary/aromatic N) is 2. The Morgan fingerprint density at radius 2 is 2.06 bits per heavy atom. The second-order valence-electron chi connectivity index (χ2n) is 10.2. The maximum atomic E-state index is 15.5. The van der Waals surface area contributed by atoms with Gasteiger partial charge in [-0.25, -0.2) is 9.18 Å². The standard InChI is InChI=1S/C25H33FN2O5/c1-5-8-33-12-20(29)18-11-27(13-25(18,3)4)22-14(2)21-16(9-19(22)26)23(30)17(24(31)32)10-28(21)15-6-7-15/h9-10,15,18,20,29H,5-8,11-13H2,1-4H3,(H,31,32). The summed E-state index contributed by atoms with van der Waals surface area (Å²) in [5.41, 5.74) is 0.365. The van der Waals surface area contributed by atoms with E-state index >= 15 is 4.39 Å². The molecule has 4 rings (SSSR count). The van der Waals surface area contributed by atoms with E-state index in [0.29, 0.717) is 36.5 Å². The predicted molar refractivity (Wildman–Crippen MR) is 125 cm³/mol. The van der Waals surface area contributed by atoms with Crippen LogP contribution in [0.1, 0.15) is 62.0 Å². The summed E-state index contributed by atoms with van der Waals surface area (Å²) in [6, 6.07) is 1.30. The number of carboxylic acids is 1. The van der Waals surface area contributed by atoms with Crippen molar-refractivity contribution in [2.45, 2.75) is 59.1 Å². The van der Waals surface area contributed by atoms with Crippen LogP contribution in [0.15, 0.2) is 17.1 Å². The summed E-state index contributed by atoms with van der Waals surface area (Å²) in [6.45, 7) is 9.78. The van der Waals surface area contributed by atoms with E-state index in [-0.39, 0.29) is 34.9 Å². The van der Waals surface area contributed by atoms with Gasteiger partial charge in [0, 0.05) is 43.2 Å². The van der Waals surface area contributed by atoms with Crippen LogP contribution in [0.3, 0.4) is 0 Å². The number of fused-ring (bicyclic) bond motifs is 1. The Kier molecular flexibility index (Phi) is 6.26. The van der Waals surface area contributed by atoms with Crippen LogP contribution in [0.25, 0.3) is 10.9 Å². The second kappa shape index (κ2) is 8.72. The van der Waals surface area contributed by atoms with Crippen molar-refractivity contribution in [1.82, 2.24) is 4.57 Å². The number of carboxylic acid groups (broad SMARTS) is 1. The van der Waals surface area contributed by atoms with Gasteiger partial charge >= 0.3 is 5.97 Å². The van der Waals surface area contributed by atoms with E-state index in [1.54, 1.807) is 6.92 Å². The molecule has 0 bridgehead atoms. The SMILES string of the molecule is CCCOCC(O)C1CN(c2c(F)cc3c(=O)c(C(=O)O)cn(C4CC4)c3c2C)CC1(C)C. The first-order valence-electron chi connectivity index (χ1n) is 11.7. The first-order chi connectivity index (χ1) is 15.6. The Morgan fingerprint density at radius 3 is 2.67 bits per heavy atom. The Labute approximate surface area is 192 Å². The third-order valence-corrected chi connectivity index (χ3v) is 7.09. The zero-order valence-corrected chi connectivity index (χ0v) is 19.7. The summed E-state index contributed by atoms with van der Waals surface area (Å²) >= 11 is 0. The zero-order chi connectivity index (χ0) is 24.1. The highest BCUT2D eigenvalue weighted by atomic mass is 19.1. The van der Waals surface area contributed by atoms with Gasteiger partial charge in [0.25, 0.3) is 0 Å². The lowest BCUT2D eigenvalue weighted by atomic mass is 9.79. The van der Waals surface area contributed by atoms with Crippen molar-refractivity contribution in [2.75, 3.05) is 31.2 Å². The molecule has 0 spiro atoms. The van der Waals surface area contributed by atoms with E-state index in [0.717, 1.165) is 19.3 Å². The van der Waals surface area contributed by atoms with Gasteiger partial charge in [-0.15, -0.1) is 0 Å². The number of benzene rings is 1. The molecule has 33 heavy (non-hydrogen) atoms. The first kappa shape index (κ1) is 23.7. The molecule has 2 unspecified atom stereocenters. The van der Waals surface area contributed by atoms with Crippen molar-refractivity contribution in [3.63, 3.8) is 0 Å². The highest BCUT2D eigenvalue weighted by Crippen LogP contribution is 2.44. The summed E-state index contributed by atoms with van der Waals surface area (Å²) < 4.78 is 22.9. The molecule has 2 aromatic rings. The van der Waals surface area contributed by atoms with E-state index in [9.17, 15) is 19.8 Å². The first-order valence-corrected chi connectivity index (χ1v) is 11.7. The van der Waals surface area contributed by atoms with Crippen molar-refractivity contribution in [3.05, 3.63) is 39.4 Å². The minimum absolute atomic E-state index is 0.101. The highest BCUT2D eigenvalue weighted by Gasteiger charge is 2.44. The van der Waals surface area contributed by atoms with E-state index in [1.807, 2.05) is 16.4 Å². The van der Waals surface area contributed by atoms with Gasteiger partial charge in [0.05, 0.1) is 23.9 Å². The maximum absolute atomic E-state index is 15.5. The van der Waals surface area contributed by atoms with Crippen molar-refractivity contribution in [2.24, 2.45) is 11.3 Å². The fraction of sp³-hybridized carbons (Fsp3) is 0.600. The predicted octanol–water partition coefficient (Wildman–Crippen LogP) is 3.73. The lowest BCUT2D eigenvalue weighted by molar-refractivity contribution is -0.0143. The van der Waals surface area contributed by atoms with Crippen LogP contribution in [0.5, 0.6) is 0 Å². The smallest absolute Gasteiger partial charge is 0.341 e. The molecule has 2 N–H and O–H groups in total. The van der Waals surface area contributed by atoms with E-state index in [1.165, 1.54) is 12.3 Å². The molecule has 2 fully saturated rings. The van der Waals surface area contributed by atoms with Crippen LogP contribution in [0.2, 0.25) is 0 Å². The topological polar surface area (TPSA) is 92.0 Å². The Bertz CT molecular complexity index is 1140. The van der Waals surface area contributed by atoms with Crippen molar-refractivity contribution in [3.8, 4) is 0 Å². The number of rotatable bonds is 8. The third kappa shape index (κ3) is 4.26. The fourth-order valence-electron chi connectivity index (χ4n) is 5.29. The number of aliphatic hydroxyl groups excluding tert-OH is 1. The molecule has 0 radical (unpaired) electrons. The molecule has 1 aromatic heterocycles. The van der Waals surface area contributed by atoms with Gasteiger partial charge in [-0.1, -0.05) is 20.8 Å². The van der Waals surface area contributed by atoms with Crippen molar-refractivity contribution >= 4 is 22.6 Å². The molecule has 2 aliphatic rings. The van der Waals surface area contributed by atoms with Gasteiger partial charge in [-0.2, -0.15) is 0 Å². The molecule has 2 heterocycles. The molecule has 2 atom stereocenters. The van der Waals surface area contributed by atoms with Gasteiger partial charge in [-0.05, 0) is 43.2 Å². The number of aromatic nitrogens is 1. The van der Waals surface area contributed by atoms with Crippen LogP contribution in [0.4, 0.5) is 10.1 Å². The van der Waals surface area contributed by atoms with Gasteiger partial charge in [0.2, 0.25) is 5.43 Å². The summed E-state index contributed by atoms with van der Waals surface area (Å²) in [7, 11) is 0. The molecule has 1 saturated heterocycles. The number of carbonyl (C=O) groups is 1. The minimum Gasteiger partial charge on any atom is -0.477 e. The number of aliphatic hydroxyl groups is 1. The Balaban J connectivity index is 1.78. The molecule has 1 aliphatic carbocycles. The van der Waals surface area contributed by atoms with Crippen LogP contribution >= 0.6 is 0 Å². The third-order valence-electron chi connectivity index (χ3n) is 7.09. The van der Waals surface area contributed by atoms with Gasteiger partial charge in [0.15, 0.2) is 0 Å². The van der Waals surface area contributed by atoms with Crippen LogP contribution in [-0.4, -0.2) is 53.2 Å². The molecule has 8 heteroatoms. The summed E-state index contributed by atoms with van der Waals surface area (Å²) in [4.78, 5) is 26.4. The molecular weight excluding hydrogens is 427 g/mol. The monoisotopic (exact) mass is 460 g/mol. The molecule has 1 aliphatic heterocycles. The number of pyridine rings is 1. The molecular formula is C25H33FN2O5. The molecule has 0 amide bonds. The van der Waals surface area contributed by atoms with E-state index < -0.39 is 23.3 Å². The van der Waals surface area contributed by atoms with Crippen molar-refractivity contribution < 1.29 is 24.1 Å². The van der Waals surface area contributed by atoms with Crippen LogP contribution < -0.4 is 10.3 Å². The number of hydrogen-bond acceptors (Lipinski definition) is 5. The van der Waals surface area contributed by atoms with E-state index in [4.69, 9.17) is 4.74 Å². The maximum Gasteiger partial charge on any atom is 0.341 e. The summed E-state index contributed by atoms with van der Waals surface area (Å²) in [5, 5.41) is 20.4. The average Bonchev–Trinajstić information content (AvgIpc) is 3.52.